The zero-order valence-corrected chi connectivity index (χ0v) is 18.2. The Balaban J connectivity index is 1.78. The lowest BCUT2D eigenvalue weighted by Crippen LogP contribution is -2.41. The molecule has 1 aliphatic heterocycles. The highest BCUT2D eigenvalue weighted by molar-refractivity contribution is 6.34. The molecule has 2 aromatic rings. The highest BCUT2D eigenvalue weighted by Gasteiger charge is 2.49. The molecule has 3 rings (SSSR count). The minimum absolute atomic E-state index is 0.200. The van der Waals surface area contributed by atoms with Gasteiger partial charge in [-0.1, -0.05) is 11.6 Å². The maximum Gasteiger partial charge on any atom is 0.408 e. The van der Waals surface area contributed by atoms with Crippen molar-refractivity contribution in [2.45, 2.75) is 78.1 Å². The van der Waals surface area contributed by atoms with Gasteiger partial charge in [-0.3, -0.25) is 0 Å². The lowest BCUT2D eigenvalue weighted by atomic mass is 9.90. The van der Waals surface area contributed by atoms with Crippen LogP contribution in [0, 0.1) is 0 Å². The molecule has 1 N–H and O–H groups in total. The minimum Gasteiger partial charge on any atom is -0.458 e. The van der Waals surface area contributed by atoms with Crippen molar-refractivity contribution in [3.63, 3.8) is 0 Å². The third kappa shape index (κ3) is 4.29. The second-order valence-corrected chi connectivity index (χ2v) is 9.48. The van der Waals surface area contributed by atoms with E-state index in [2.05, 4.69) is 5.32 Å². The Morgan fingerprint density at radius 3 is 2.32 bits per heavy atom. The molecule has 2 heterocycles. The quantitative estimate of drug-likeness (QED) is 0.702. The zero-order valence-electron chi connectivity index (χ0n) is 17.4. The van der Waals surface area contributed by atoms with E-state index in [4.69, 9.17) is 30.2 Å². The average Bonchev–Trinajstić information content (AvgIpc) is 3.02. The molecule has 28 heavy (non-hydrogen) atoms. The highest BCUT2D eigenvalue weighted by atomic mass is 35.5. The van der Waals surface area contributed by atoms with Gasteiger partial charge in [-0.25, -0.2) is 4.79 Å². The number of carbonyl (C=O) groups is 1. The summed E-state index contributed by atoms with van der Waals surface area (Å²) in [5, 5.41) is 3.96. The molecular formula is C21H28ClNO5. The second kappa shape index (κ2) is 6.94. The summed E-state index contributed by atoms with van der Waals surface area (Å²) in [4.78, 5) is 11.8. The van der Waals surface area contributed by atoms with Crippen LogP contribution in [0.3, 0.4) is 0 Å². The summed E-state index contributed by atoms with van der Waals surface area (Å²) < 4.78 is 23.2. The number of rotatable bonds is 3. The van der Waals surface area contributed by atoms with Crippen molar-refractivity contribution in [2.24, 2.45) is 0 Å². The van der Waals surface area contributed by atoms with Crippen LogP contribution in [0.5, 0.6) is 0 Å². The van der Waals surface area contributed by atoms with Crippen LogP contribution >= 0.6 is 11.6 Å². The zero-order chi connectivity index (χ0) is 20.9. The molecule has 0 bridgehead atoms. The number of fused-ring (bicyclic) bond motifs is 1. The Morgan fingerprint density at radius 1 is 1.14 bits per heavy atom. The summed E-state index contributed by atoms with van der Waals surface area (Å²) in [6, 6.07) is 5.57. The van der Waals surface area contributed by atoms with Crippen LogP contribution in [0.15, 0.2) is 22.6 Å². The van der Waals surface area contributed by atoms with Crippen LogP contribution < -0.4 is 5.32 Å². The average molecular weight is 410 g/mol. The van der Waals surface area contributed by atoms with Crippen molar-refractivity contribution >= 4 is 28.7 Å². The molecule has 154 valence electrons. The monoisotopic (exact) mass is 409 g/mol. The number of furan rings is 1. The van der Waals surface area contributed by atoms with E-state index in [9.17, 15) is 4.79 Å². The number of benzene rings is 1. The van der Waals surface area contributed by atoms with E-state index in [1.807, 2.05) is 60.6 Å². The van der Waals surface area contributed by atoms with E-state index < -0.39 is 29.2 Å². The lowest BCUT2D eigenvalue weighted by molar-refractivity contribution is -0.0894. The van der Waals surface area contributed by atoms with E-state index in [-0.39, 0.29) is 6.54 Å². The van der Waals surface area contributed by atoms with Gasteiger partial charge in [0.1, 0.15) is 11.4 Å². The van der Waals surface area contributed by atoms with Crippen molar-refractivity contribution in [3.05, 3.63) is 34.5 Å². The SMILES string of the molecule is CC(C)(C)OC(=O)NCc1cc2cc(C3OC(C)(C)C(C)(C)O3)cc(Cl)c2o1. The minimum atomic E-state index is -0.557. The van der Waals surface area contributed by atoms with Crippen molar-refractivity contribution in [2.75, 3.05) is 0 Å². The van der Waals surface area contributed by atoms with E-state index in [0.29, 0.717) is 16.4 Å². The first-order valence-corrected chi connectivity index (χ1v) is 9.70. The standard InChI is InChI=1S/C21H28ClNO5/c1-19(2,3)28-18(24)23-11-14-9-12-8-13(10-15(22)16(12)25-14)17-26-20(4,5)21(6,7)27-17/h8-10,17H,11H2,1-7H3,(H,23,24). The van der Waals surface area contributed by atoms with Crippen LogP contribution in [0.2, 0.25) is 5.02 Å². The first-order chi connectivity index (χ1) is 12.8. The second-order valence-electron chi connectivity index (χ2n) is 9.08. The molecule has 1 fully saturated rings. The molecule has 1 saturated heterocycles. The normalized spacial score (nSPS) is 19.1. The summed E-state index contributed by atoms with van der Waals surface area (Å²) in [7, 11) is 0. The van der Waals surface area contributed by atoms with Gasteiger partial charge in [-0.2, -0.15) is 0 Å². The van der Waals surface area contributed by atoms with Gasteiger partial charge in [-0.05, 0) is 66.7 Å². The number of hydrogen-bond acceptors (Lipinski definition) is 5. The molecule has 0 aliphatic carbocycles. The van der Waals surface area contributed by atoms with Crippen molar-refractivity contribution in [3.8, 4) is 0 Å². The fourth-order valence-electron chi connectivity index (χ4n) is 2.86. The lowest BCUT2D eigenvalue weighted by Gasteiger charge is -2.30. The Kier molecular flexibility index (Phi) is 5.19. The van der Waals surface area contributed by atoms with Gasteiger partial charge in [0.15, 0.2) is 11.9 Å². The summed E-state index contributed by atoms with van der Waals surface area (Å²) in [6.45, 7) is 13.7. The number of amides is 1. The highest BCUT2D eigenvalue weighted by Crippen LogP contribution is 2.45. The molecule has 1 aliphatic rings. The van der Waals surface area contributed by atoms with Crippen molar-refractivity contribution in [1.82, 2.24) is 5.32 Å². The number of nitrogens with one attached hydrogen (secondary N) is 1. The molecule has 7 heteroatoms. The van der Waals surface area contributed by atoms with E-state index in [1.54, 1.807) is 6.07 Å². The van der Waals surface area contributed by atoms with Crippen molar-refractivity contribution in [1.29, 1.82) is 0 Å². The maximum atomic E-state index is 11.8. The molecule has 1 aromatic heterocycles. The molecule has 0 unspecified atom stereocenters. The van der Waals surface area contributed by atoms with Gasteiger partial charge in [0, 0.05) is 10.9 Å². The molecule has 0 spiro atoms. The predicted octanol–water partition coefficient (Wildman–Crippen LogP) is 5.71. The summed E-state index contributed by atoms with van der Waals surface area (Å²) in [6.07, 6.45) is -1.01. The fourth-order valence-corrected chi connectivity index (χ4v) is 3.13. The smallest absolute Gasteiger partial charge is 0.408 e. The topological polar surface area (TPSA) is 69.9 Å². The molecule has 6 nitrogen and oxygen atoms in total. The first kappa shape index (κ1) is 21.0. The molecule has 1 amide bonds. The summed E-state index contributed by atoms with van der Waals surface area (Å²) >= 11 is 6.43. The number of ether oxygens (including phenoxy) is 3. The number of alkyl carbamates (subject to hydrolysis) is 1. The van der Waals surface area contributed by atoms with Gasteiger partial charge in [-0.15, -0.1) is 0 Å². The van der Waals surface area contributed by atoms with Gasteiger partial charge < -0.3 is 23.9 Å². The molecule has 0 radical (unpaired) electrons. The molecule has 1 aromatic carbocycles. The van der Waals surface area contributed by atoms with Gasteiger partial charge in [0.05, 0.1) is 22.8 Å². The third-order valence-electron chi connectivity index (χ3n) is 4.98. The Bertz CT molecular complexity index is 878. The largest absolute Gasteiger partial charge is 0.458 e. The van der Waals surface area contributed by atoms with E-state index in [0.717, 1.165) is 10.9 Å². The molecule has 0 saturated carbocycles. The van der Waals surface area contributed by atoms with Crippen LogP contribution in [-0.4, -0.2) is 22.9 Å². The fraction of sp³-hybridized carbons (Fsp3) is 0.571. The maximum absolute atomic E-state index is 11.8. The first-order valence-electron chi connectivity index (χ1n) is 9.32. The van der Waals surface area contributed by atoms with Crippen LogP contribution in [0.25, 0.3) is 11.0 Å². The molecule has 0 atom stereocenters. The van der Waals surface area contributed by atoms with Gasteiger partial charge in [0.25, 0.3) is 0 Å². The number of halogens is 1. The third-order valence-corrected chi connectivity index (χ3v) is 5.26. The van der Waals surface area contributed by atoms with Crippen LogP contribution in [0.1, 0.15) is 66.1 Å². The van der Waals surface area contributed by atoms with Crippen LogP contribution in [0.4, 0.5) is 4.79 Å². The Hall–Kier alpha value is -1.76. The number of hydrogen-bond donors (Lipinski definition) is 1. The predicted molar refractivity (Wildman–Crippen MR) is 107 cm³/mol. The van der Waals surface area contributed by atoms with Crippen LogP contribution in [-0.2, 0) is 20.8 Å². The Labute approximate surface area is 170 Å². The van der Waals surface area contributed by atoms with Crippen molar-refractivity contribution < 1.29 is 23.4 Å². The van der Waals surface area contributed by atoms with Gasteiger partial charge >= 0.3 is 6.09 Å². The number of carbonyl (C=O) groups excluding carboxylic acids is 1. The summed E-state index contributed by atoms with van der Waals surface area (Å²) in [5.41, 5.74) is -0.0406. The van der Waals surface area contributed by atoms with E-state index >= 15 is 0 Å². The Morgan fingerprint density at radius 2 is 1.75 bits per heavy atom. The summed E-state index contributed by atoms with van der Waals surface area (Å²) in [5.74, 6) is 0.578. The van der Waals surface area contributed by atoms with E-state index in [1.165, 1.54) is 0 Å². The molecular weight excluding hydrogens is 382 g/mol. The van der Waals surface area contributed by atoms with Gasteiger partial charge in [0.2, 0.25) is 0 Å².